The number of carbonyl (C=O) groups is 3. The lowest BCUT2D eigenvalue weighted by Crippen LogP contribution is -2.30. The summed E-state index contributed by atoms with van der Waals surface area (Å²) in [7, 11) is 0. The molecular formula is C70H118O6. The van der Waals surface area contributed by atoms with Crippen molar-refractivity contribution in [3.63, 3.8) is 0 Å². The molecule has 76 heavy (non-hydrogen) atoms. The second-order valence-corrected chi connectivity index (χ2v) is 20.9. The van der Waals surface area contributed by atoms with Crippen molar-refractivity contribution in [1.82, 2.24) is 0 Å². The van der Waals surface area contributed by atoms with Gasteiger partial charge in [-0.3, -0.25) is 14.4 Å². The number of rotatable bonds is 57. The lowest BCUT2D eigenvalue weighted by atomic mass is 10.0. The van der Waals surface area contributed by atoms with E-state index < -0.39 is 6.10 Å². The highest BCUT2D eigenvalue weighted by molar-refractivity contribution is 5.71. The lowest BCUT2D eigenvalue weighted by molar-refractivity contribution is -0.167. The highest BCUT2D eigenvalue weighted by Gasteiger charge is 2.19. The van der Waals surface area contributed by atoms with Gasteiger partial charge in [0.25, 0.3) is 0 Å². The van der Waals surface area contributed by atoms with Gasteiger partial charge in [-0.2, -0.15) is 0 Å². The topological polar surface area (TPSA) is 78.9 Å². The molecule has 0 heterocycles. The fourth-order valence-electron chi connectivity index (χ4n) is 8.75. The van der Waals surface area contributed by atoms with Crippen LogP contribution in [0.25, 0.3) is 0 Å². The third-order valence-corrected chi connectivity index (χ3v) is 13.5. The molecule has 0 aliphatic rings. The van der Waals surface area contributed by atoms with Crippen LogP contribution in [0, 0.1) is 0 Å². The van der Waals surface area contributed by atoms with E-state index in [1.54, 1.807) is 0 Å². The standard InChI is InChI=1S/C70H118O6/c1-4-7-10-13-16-19-22-25-27-28-29-30-31-32-33-34-35-36-37-38-39-40-41-42-43-46-48-51-54-57-60-63-69(72)75-66-67(65-74-68(71)62-59-56-53-50-47-44-24-21-18-15-12-9-6-3)76-70(73)64-61-58-55-52-49-45-26-23-20-17-14-11-8-5-2/h7,10,16,19,21,24-25,27,29-30,32-33,35-36,38-39,41-42,67H,4-6,8-9,11-15,17-18,20,22-23,26,28,31,34,37,40,43-66H2,1-3H3/b10-7-,19-16-,24-21-,27-25-,30-29-,33-32-,36-35-,39-38-,42-41-. The quantitative estimate of drug-likeness (QED) is 0.0261. The average molecular weight is 1060 g/mol. The van der Waals surface area contributed by atoms with Crippen LogP contribution in [0.3, 0.4) is 0 Å². The van der Waals surface area contributed by atoms with Gasteiger partial charge in [-0.25, -0.2) is 0 Å². The van der Waals surface area contributed by atoms with E-state index in [0.717, 1.165) is 128 Å². The molecule has 0 spiro atoms. The molecule has 434 valence electrons. The predicted molar refractivity (Wildman–Crippen MR) is 330 cm³/mol. The normalized spacial score (nSPS) is 12.8. The summed E-state index contributed by atoms with van der Waals surface area (Å²) in [5.41, 5.74) is 0. The first kappa shape index (κ1) is 72.1. The number of hydrogen-bond acceptors (Lipinski definition) is 6. The Bertz CT molecular complexity index is 1540. The molecule has 0 bridgehead atoms. The monoisotopic (exact) mass is 1050 g/mol. The van der Waals surface area contributed by atoms with Crippen molar-refractivity contribution in [3.8, 4) is 0 Å². The molecule has 0 aromatic carbocycles. The van der Waals surface area contributed by atoms with E-state index in [4.69, 9.17) is 14.2 Å². The average Bonchev–Trinajstić information content (AvgIpc) is 3.42. The number of allylic oxidation sites excluding steroid dienone is 18. The Morgan fingerprint density at radius 2 is 0.513 bits per heavy atom. The molecule has 0 aliphatic heterocycles. The van der Waals surface area contributed by atoms with E-state index in [9.17, 15) is 14.4 Å². The van der Waals surface area contributed by atoms with Gasteiger partial charge in [0, 0.05) is 19.3 Å². The molecule has 1 unspecified atom stereocenters. The number of ether oxygens (including phenoxy) is 3. The van der Waals surface area contributed by atoms with Crippen molar-refractivity contribution < 1.29 is 28.6 Å². The van der Waals surface area contributed by atoms with E-state index >= 15 is 0 Å². The van der Waals surface area contributed by atoms with Crippen molar-refractivity contribution in [3.05, 3.63) is 109 Å². The van der Waals surface area contributed by atoms with Gasteiger partial charge in [-0.15, -0.1) is 0 Å². The molecular weight excluding hydrogens is 937 g/mol. The van der Waals surface area contributed by atoms with Crippen LogP contribution >= 0.6 is 0 Å². The Kier molecular flexibility index (Phi) is 60.3. The van der Waals surface area contributed by atoms with E-state index in [2.05, 4.69) is 130 Å². The molecule has 0 saturated carbocycles. The predicted octanol–water partition coefficient (Wildman–Crippen LogP) is 21.8. The van der Waals surface area contributed by atoms with Crippen LogP contribution in [0.4, 0.5) is 0 Å². The second-order valence-electron chi connectivity index (χ2n) is 20.9. The number of unbranched alkanes of at least 4 members (excludes halogenated alkanes) is 28. The second kappa shape index (κ2) is 63.6. The molecule has 0 amide bonds. The first-order valence-electron chi connectivity index (χ1n) is 31.9. The molecule has 0 aliphatic carbocycles. The van der Waals surface area contributed by atoms with Gasteiger partial charge in [-0.05, 0) is 109 Å². The Morgan fingerprint density at radius 3 is 0.829 bits per heavy atom. The maximum Gasteiger partial charge on any atom is 0.306 e. The summed E-state index contributed by atoms with van der Waals surface area (Å²) in [5, 5.41) is 0. The van der Waals surface area contributed by atoms with E-state index in [-0.39, 0.29) is 31.1 Å². The van der Waals surface area contributed by atoms with Gasteiger partial charge in [0.05, 0.1) is 0 Å². The van der Waals surface area contributed by atoms with Crippen molar-refractivity contribution in [2.45, 2.75) is 303 Å². The van der Waals surface area contributed by atoms with Crippen molar-refractivity contribution in [2.75, 3.05) is 13.2 Å². The Hall–Kier alpha value is -3.93. The van der Waals surface area contributed by atoms with Crippen molar-refractivity contribution >= 4 is 17.9 Å². The summed E-state index contributed by atoms with van der Waals surface area (Å²) >= 11 is 0. The minimum Gasteiger partial charge on any atom is -0.462 e. The number of esters is 3. The highest BCUT2D eigenvalue weighted by Crippen LogP contribution is 2.16. The smallest absolute Gasteiger partial charge is 0.306 e. The maximum absolute atomic E-state index is 12.9. The van der Waals surface area contributed by atoms with Crippen LogP contribution < -0.4 is 0 Å². The van der Waals surface area contributed by atoms with Crippen LogP contribution in [0.5, 0.6) is 0 Å². The van der Waals surface area contributed by atoms with E-state index in [1.807, 2.05) is 0 Å². The fraction of sp³-hybridized carbons (Fsp3) is 0.700. The zero-order valence-electron chi connectivity index (χ0n) is 49.7. The van der Waals surface area contributed by atoms with Crippen LogP contribution in [0.1, 0.15) is 297 Å². The molecule has 6 nitrogen and oxygen atoms in total. The molecule has 1 atom stereocenters. The fourth-order valence-corrected chi connectivity index (χ4v) is 8.75. The summed E-state index contributed by atoms with van der Waals surface area (Å²) < 4.78 is 16.9. The molecule has 0 aromatic rings. The van der Waals surface area contributed by atoms with Crippen LogP contribution in [0.2, 0.25) is 0 Å². The molecule has 0 saturated heterocycles. The first-order valence-corrected chi connectivity index (χ1v) is 31.9. The van der Waals surface area contributed by atoms with Gasteiger partial charge < -0.3 is 14.2 Å². The van der Waals surface area contributed by atoms with Gasteiger partial charge in [0.1, 0.15) is 13.2 Å². The molecule has 0 N–H and O–H groups in total. The SMILES string of the molecule is CC/C=C\C/C=C\C/C=C\C/C=C\C/C=C\C/C=C\C/C=C\C/C=C\CCCCCCCCC(=O)OCC(COC(=O)CCCCCCC/C=C\CCCCCC)OC(=O)CCCCCCCCCCCCCCCC. The summed E-state index contributed by atoms with van der Waals surface area (Å²) in [6.07, 6.45) is 86.6. The van der Waals surface area contributed by atoms with E-state index in [1.165, 1.54) is 128 Å². The lowest BCUT2D eigenvalue weighted by Gasteiger charge is -2.18. The van der Waals surface area contributed by atoms with Crippen LogP contribution in [0.15, 0.2) is 109 Å². The Morgan fingerprint density at radius 1 is 0.276 bits per heavy atom. The number of hydrogen-bond donors (Lipinski definition) is 0. The van der Waals surface area contributed by atoms with Gasteiger partial charge >= 0.3 is 17.9 Å². The molecule has 0 aromatic heterocycles. The number of carbonyl (C=O) groups excluding carboxylic acids is 3. The van der Waals surface area contributed by atoms with Crippen molar-refractivity contribution in [1.29, 1.82) is 0 Å². The van der Waals surface area contributed by atoms with Crippen molar-refractivity contribution in [2.24, 2.45) is 0 Å². The van der Waals surface area contributed by atoms with Gasteiger partial charge in [0.2, 0.25) is 0 Å². The zero-order chi connectivity index (χ0) is 55.0. The Labute approximate surface area is 470 Å². The molecule has 0 radical (unpaired) electrons. The third-order valence-electron chi connectivity index (χ3n) is 13.5. The molecule has 0 rings (SSSR count). The van der Waals surface area contributed by atoms with Gasteiger partial charge in [-0.1, -0.05) is 278 Å². The molecule has 6 heteroatoms. The van der Waals surface area contributed by atoms with Crippen LogP contribution in [-0.4, -0.2) is 37.2 Å². The highest BCUT2D eigenvalue weighted by atomic mass is 16.6. The Balaban J connectivity index is 4.30. The summed E-state index contributed by atoms with van der Waals surface area (Å²) in [6, 6.07) is 0. The third kappa shape index (κ3) is 60.9. The maximum atomic E-state index is 12.9. The summed E-state index contributed by atoms with van der Waals surface area (Å²) in [4.78, 5) is 38.2. The first-order chi connectivity index (χ1) is 37.5. The van der Waals surface area contributed by atoms with Gasteiger partial charge in [0.15, 0.2) is 6.10 Å². The van der Waals surface area contributed by atoms with Crippen LogP contribution in [-0.2, 0) is 28.6 Å². The zero-order valence-corrected chi connectivity index (χ0v) is 49.7. The summed E-state index contributed by atoms with van der Waals surface area (Å²) in [6.45, 7) is 6.51. The molecule has 0 fully saturated rings. The minimum atomic E-state index is -0.787. The largest absolute Gasteiger partial charge is 0.462 e. The van der Waals surface area contributed by atoms with E-state index in [0.29, 0.717) is 19.3 Å². The summed E-state index contributed by atoms with van der Waals surface area (Å²) in [5.74, 6) is -0.900. The minimum absolute atomic E-state index is 0.0850.